The fraction of sp³-hybridized carbons (Fsp3) is 0.381. The number of unbranched alkanes of at least 4 members (excludes halogenated alkanes) is 1. The molecular formula is C21H25N3O2S2. The highest BCUT2D eigenvalue weighted by molar-refractivity contribution is 7.99. The molecule has 7 heteroatoms. The summed E-state index contributed by atoms with van der Waals surface area (Å²) in [6.07, 6.45) is 2.03. The second-order valence-electron chi connectivity index (χ2n) is 6.92. The van der Waals surface area contributed by atoms with E-state index in [0.717, 1.165) is 36.2 Å². The topological polar surface area (TPSA) is 55.2 Å². The number of hydrogen-bond donors (Lipinski definition) is 0. The zero-order valence-electron chi connectivity index (χ0n) is 16.7. The maximum absolute atomic E-state index is 13.2. The van der Waals surface area contributed by atoms with Gasteiger partial charge in [-0.25, -0.2) is 4.98 Å². The third kappa shape index (κ3) is 4.31. The Kier molecular flexibility index (Phi) is 6.57. The van der Waals surface area contributed by atoms with Crippen LogP contribution in [0, 0.1) is 13.8 Å². The molecule has 1 amide bonds. The summed E-state index contributed by atoms with van der Waals surface area (Å²) in [5, 5.41) is 2.43. The molecule has 3 aromatic rings. The molecule has 2 aromatic heterocycles. The maximum Gasteiger partial charge on any atom is 0.276 e. The Balaban J connectivity index is 1.99. The predicted octanol–water partition coefficient (Wildman–Crippen LogP) is 4.41. The van der Waals surface area contributed by atoms with Crippen LogP contribution >= 0.6 is 23.1 Å². The van der Waals surface area contributed by atoms with E-state index >= 15 is 0 Å². The fourth-order valence-corrected chi connectivity index (χ4v) is 4.72. The second kappa shape index (κ2) is 8.92. The van der Waals surface area contributed by atoms with E-state index in [1.54, 1.807) is 9.47 Å². The lowest BCUT2D eigenvalue weighted by molar-refractivity contribution is -0.127. The Bertz CT molecular complexity index is 1060. The van der Waals surface area contributed by atoms with E-state index in [2.05, 4.69) is 13.0 Å². The van der Waals surface area contributed by atoms with Gasteiger partial charge in [-0.3, -0.25) is 14.2 Å². The molecule has 0 aliphatic heterocycles. The molecule has 2 heterocycles. The van der Waals surface area contributed by atoms with Crippen molar-refractivity contribution in [3.8, 4) is 5.69 Å². The summed E-state index contributed by atoms with van der Waals surface area (Å²) in [5.41, 5.74) is 3.56. The zero-order valence-corrected chi connectivity index (χ0v) is 18.3. The average Bonchev–Trinajstić information content (AvgIpc) is 3.14. The molecule has 5 nitrogen and oxygen atoms in total. The molecule has 0 aliphatic carbocycles. The first-order chi connectivity index (χ1) is 13.4. The zero-order chi connectivity index (χ0) is 20.3. The predicted molar refractivity (Wildman–Crippen MR) is 118 cm³/mol. The van der Waals surface area contributed by atoms with Crippen molar-refractivity contribution in [3.05, 3.63) is 51.1 Å². The van der Waals surface area contributed by atoms with Crippen molar-refractivity contribution in [2.24, 2.45) is 0 Å². The van der Waals surface area contributed by atoms with E-state index in [1.165, 1.54) is 23.1 Å². The van der Waals surface area contributed by atoms with Crippen LogP contribution in [-0.2, 0) is 4.79 Å². The first-order valence-corrected chi connectivity index (χ1v) is 11.2. The lowest BCUT2D eigenvalue weighted by Gasteiger charge is -2.18. The van der Waals surface area contributed by atoms with Crippen LogP contribution in [0.4, 0.5) is 0 Å². The Hall–Kier alpha value is -2.12. The van der Waals surface area contributed by atoms with Crippen LogP contribution in [0.2, 0.25) is 0 Å². The quantitative estimate of drug-likeness (QED) is 0.424. The van der Waals surface area contributed by atoms with Crippen molar-refractivity contribution in [2.45, 2.75) is 38.8 Å². The fourth-order valence-electron chi connectivity index (χ4n) is 3.01. The highest BCUT2D eigenvalue weighted by Crippen LogP contribution is 2.25. The van der Waals surface area contributed by atoms with Gasteiger partial charge in [0.05, 0.1) is 17.0 Å². The maximum atomic E-state index is 13.2. The van der Waals surface area contributed by atoms with Gasteiger partial charge < -0.3 is 4.90 Å². The Morgan fingerprint density at radius 1 is 1.29 bits per heavy atom. The number of amides is 1. The van der Waals surface area contributed by atoms with Crippen LogP contribution in [0.15, 0.2) is 39.6 Å². The summed E-state index contributed by atoms with van der Waals surface area (Å²) < 4.78 is 2.29. The van der Waals surface area contributed by atoms with Crippen molar-refractivity contribution < 1.29 is 4.79 Å². The SMILES string of the molecule is CCCCN(C)C(=O)CSc1nc2ccsc2c(=O)n1-c1ccc(C)cc1C. The summed E-state index contributed by atoms with van der Waals surface area (Å²) in [6.45, 7) is 6.87. The summed E-state index contributed by atoms with van der Waals surface area (Å²) >= 11 is 2.72. The summed E-state index contributed by atoms with van der Waals surface area (Å²) in [4.78, 5) is 32.1. The van der Waals surface area contributed by atoms with Crippen LogP contribution in [0.25, 0.3) is 15.9 Å². The Morgan fingerprint density at radius 3 is 2.79 bits per heavy atom. The van der Waals surface area contributed by atoms with E-state index in [1.807, 2.05) is 44.5 Å². The van der Waals surface area contributed by atoms with Gasteiger partial charge >= 0.3 is 0 Å². The molecule has 0 N–H and O–H groups in total. The molecule has 0 saturated heterocycles. The summed E-state index contributed by atoms with van der Waals surface area (Å²) in [6, 6.07) is 7.85. The van der Waals surface area contributed by atoms with E-state index in [-0.39, 0.29) is 17.2 Å². The van der Waals surface area contributed by atoms with Crippen LogP contribution in [0.5, 0.6) is 0 Å². The number of hydrogen-bond acceptors (Lipinski definition) is 5. The first-order valence-electron chi connectivity index (χ1n) is 9.37. The molecule has 0 bridgehead atoms. The monoisotopic (exact) mass is 415 g/mol. The molecule has 0 atom stereocenters. The molecule has 1 aromatic carbocycles. The van der Waals surface area contributed by atoms with Gasteiger partial charge in [0.15, 0.2) is 5.16 Å². The van der Waals surface area contributed by atoms with E-state index in [9.17, 15) is 9.59 Å². The normalized spacial score (nSPS) is 11.1. The van der Waals surface area contributed by atoms with Gasteiger partial charge in [-0.1, -0.05) is 42.8 Å². The van der Waals surface area contributed by atoms with E-state index in [4.69, 9.17) is 4.98 Å². The molecule has 0 saturated carbocycles. The minimum atomic E-state index is -0.0822. The van der Waals surface area contributed by atoms with Crippen molar-refractivity contribution in [2.75, 3.05) is 19.3 Å². The minimum Gasteiger partial charge on any atom is -0.345 e. The number of benzene rings is 1. The van der Waals surface area contributed by atoms with Gasteiger partial charge in [0, 0.05) is 13.6 Å². The second-order valence-corrected chi connectivity index (χ2v) is 8.78. The van der Waals surface area contributed by atoms with Gasteiger partial charge in [0.1, 0.15) is 4.70 Å². The highest BCUT2D eigenvalue weighted by Gasteiger charge is 2.18. The number of rotatable bonds is 7. The van der Waals surface area contributed by atoms with Crippen molar-refractivity contribution in [1.82, 2.24) is 14.5 Å². The van der Waals surface area contributed by atoms with Crippen LogP contribution in [0.3, 0.4) is 0 Å². The molecule has 28 heavy (non-hydrogen) atoms. The third-order valence-corrected chi connectivity index (χ3v) is 6.45. The smallest absolute Gasteiger partial charge is 0.276 e. The Labute approximate surface area is 173 Å². The largest absolute Gasteiger partial charge is 0.345 e. The van der Waals surface area contributed by atoms with Gasteiger partial charge in [0.25, 0.3) is 5.56 Å². The Morgan fingerprint density at radius 2 is 2.07 bits per heavy atom. The van der Waals surface area contributed by atoms with Crippen molar-refractivity contribution in [3.63, 3.8) is 0 Å². The van der Waals surface area contributed by atoms with Crippen LogP contribution in [0.1, 0.15) is 30.9 Å². The lowest BCUT2D eigenvalue weighted by Crippen LogP contribution is -2.29. The standard InChI is InChI=1S/C21H25N3O2S2/c1-5-6-10-23(4)18(25)13-28-21-22-16-9-11-27-19(16)20(26)24(21)17-8-7-14(2)12-15(17)3/h7-9,11-12H,5-6,10,13H2,1-4H3. The van der Waals surface area contributed by atoms with Crippen molar-refractivity contribution in [1.29, 1.82) is 0 Å². The van der Waals surface area contributed by atoms with Gasteiger partial charge in [-0.15, -0.1) is 11.3 Å². The minimum absolute atomic E-state index is 0.0466. The number of thioether (sulfide) groups is 1. The molecule has 148 valence electrons. The van der Waals surface area contributed by atoms with Gasteiger partial charge in [-0.05, 0) is 43.3 Å². The van der Waals surface area contributed by atoms with Crippen molar-refractivity contribution >= 4 is 39.2 Å². The molecule has 0 radical (unpaired) electrons. The highest BCUT2D eigenvalue weighted by atomic mass is 32.2. The number of fused-ring (bicyclic) bond motifs is 1. The molecular weight excluding hydrogens is 390 g/mol. The summed E-state index contributed by atoms with van der Waals surface area (Å²) in [7, 11) is 1.82. The average molecular weight is 416 g/mol. The number of carbonyl (C=O) groups excluding carboxylic acids is 1. The molecule has 0 aliphatic rings. The lowest BCUT2D eigenvalue weighted by atomic mass is 10.1. The molecule has 0 fully saturated rings. The number of carbonyl (C=O) groups is 1. The molecule has 0 unspecified atom stereocenters. The number of nitrogens with zero attached hydrogens (tertiary/aromatic N) is 3. The molecule has 0 spiro atoms. The molecule has 3 rings (SSSR count). The van der Waals surface area contributed by atoms with Gasteiger partial charge in [0.2, 0.25) is 5.91 Å². The number of thiophene rings is 1. The van der Waals surface area contributed by atoms with Crippen LogP contribution in [-0.4, -0.2) is 39.7 Å². The van der Waals surface area contributed by atoms with E-state index < -0.39 is 0 Å². The first kappa shape index (κ1) is 20.6. The van der Waals surface area contributed by atoms with Gasteiger partial charge in [-0.2, -0.15) is 0 Å². The third-order valence-electron chi connectivity index (χ3n) is 4.64. The van der Waals surface area contributed by atoms with E-state index in [0.29, 0.717) is 15.4 Å². The number of aryl methyl sites for hydroxylation is 2. The summed E-state index contributed by atoms with van der Waals surface area (Å²) in [5.74, 6) is 0.304. The van der Waals surface area contributed by atoms with Crippen LogP contribution < -0.4 is 5.56 Å². The number of aromatic nitrogens is 2.